The average molecular weight is 173 g/mol. The van der Waals surface area contributed by atoms with Crippen molar-refractivity contribution in [2.75, 3.05) is 6.61 Å². The minimum Gasteiger partial charge on any atom is -0.450 e. The number of carbonyl (C=O) groups is 1. The van der Waals surface area contributed by atoms with Gasteiger partial charge in [0.2, 0.25) is 0 Å². The van der Waals surface area contributed by atoms with Crippen LogP contribution in [0.25, 0.3) is 0 Å². The largest absolute Gasteiger partial charge is 0.450 e. The predicted octanol–water partition coefficient (Wildman–Crippen LogP) is 2.31. The number of amides is 1. The Bertz CT molecular complexity index is 126. The van der Waals surface area contributed by atoms with Crippen LogP contribution in [0.3, 0.4) is 0 Å². The summed E-state index contributed by atoms with van der Waals surface area (Å²) in [6, 6.07) is 0.226. The van der Waals surface area contributed by atoms with Crippen LogP contribution in [0.1, 0.15) is 40.0 Å². The van der Waals surface area contributed by atoms with Crippen LogP contribution < -0.4 is 5.32 Å². The fourth-order valence-electron chi connectivity index (χ4n) is 0.956. The van der Waals surface area contributed by atoms with Gasteiger partial charge in [0.1, 0.15) is 0 Å². The number of unbranched alkanes of at least 4 members (excludes halogenated alkanes) is 1. The SMILES string of the molecule is CCCCC(C)NC(=O)OCC. The number of hydrogen-bond donors (Lipinski definition) is 1. The molecule has 3 nitrogen and oxygen atoms in total. The van der Waals surface area contributed by atoms with E-state index in [0.29, 0.717) is 6.61 Å². The summed E-state index contributed by atoms with van der Waals surface area (Å²) in [6.45, 7) is 6.37. The number of rotatable bonds is 5. The number of carbonyl (C=O) groups excluding carboxylic acids is 1. The zero-order valence-corrected chi connectivity index (χ0v) is 8.22. The minimum absolute atomic E-state index is 0.226. The number of nitrogens with one attached hydrogen (secondary N) is 1. The Labute approximate surface area is 74.5 Å². The molecule has 0 saturated heterocycles. The molecular weight excluding hydrogens is 154 g/mol. The molecule has 1 unspecified atom stereocenters. The van der Waals surface area contributed by atoms with E-state index in [0.717, 1.165) is 19.3 Å². The van der Waals surface area contributed by atoms with Gasteiger partial charge in [0.25, 0.3) is 0 Å². The van der Waals surface area contributed by atoms with Gasteiger partial charge in [0, 0.05) is 6.04 Å². The van der Waals surface area contributed by atoms with Crippen LogP contribution in [0.5, 0.6) is 0 Å². The van der Waals surface area contributed by atoms with Crippen LogP contribution in [0, 0.1) is 0 Å². The van der Waals surface area contributed by atoms with Crippen molar-refractivity contribution in [2.24, 2.45) is 0 Å². The van der Waals surface area contributed by atoms with Gasteiger partial charge in [-0.3, -0.25) is 0 Å². The molecule has 0 aromatic rings. The standard InChI is InChI=1S/C9H19NO2/c1-4-6-7-8(3)10-9(11)12-5-2/h8H,4-7H2,1-3H3,(H,10,11). The van der Waals surface area contributed by atoms with Crippen LogP contribution in [0.15, 0.2) is 0 Å². The van der Waals surface area contributed by atoms with E-state index in [9.17, 15) is 4.79 Å². The molecule has 0 aromatic carbocycles. The van der Waals surface area contributed by atoms with Crippen LogP contribution in [-0.2, 0) is 4.74 Å². The second-order valence-electron chi connectivity index (χ2n) is 2.91. The fourth-order valence-corrected chi connectivity index (χ4v) is 0.956. The molecule has 0 radical (unpaired) electrons. The fraction of sp³-hybridized carbons (Fsp3) is 0.889. The molecule has 0 aromatic heterocycles. The minimum atomic E-state index is -0.305. The molecule has 3 heteroatoms. The summed E-state index contributed by atoms with van der Waals surface area (Å²) in [5, 5.41) is 2.75. The average Bonchev–Trinajstić information content (AvgIpc) is 2.01. The Hall–Kier alpha value is -0.730. The van der Waals surface area contributed by atoms with Crippen LogP contribution in [-0.4, -0.2) is 18.7 Å². The van der Waals surface area contributed by atoms with E-state index < -0.39 is 0 Å². The molecule has 0 aliphatic carbocycles. The highest BCUT2D eigenvalue weighted by Gasteiger charge is 2.05. The zero-order valence-electron chi connectivity index (χ0n) is 8.22. The first-order valence-electron chi connectivity index (χ1n) is 4.64. The van der Waals surface area contributed by atoms with Crippen molar-refractivity contribution in [1.82, 2.24) is 5.32 Å². The Morgan fingerprint density at radius 1 is 1.50 bits per heavy atom. The smallest absolute Gasteiger partial charge is 0.407 e. The van der Waals surface area contributed by atoms with Crippen molar-refractivity contribution in [1.29, 1.82) is 0 Å². The van der Waals surface area contributed by atoms with E-state index in [-0.39, 0.29) is 12.1 Å². The molecule has 12 heavy (non-hydrogen) atoms. The van der Waals surface area contributed by atoms with Gasteiger partial charge in [-0.25, -0.2) is 4.79 Å². The van der Waals surface area contributed by atoms with Crippen LogP contribution in [0.4, 0.5) is 4.79 Å². The van der Waals surface area contributed by atoms with E-state index in [1.807, 2.05) is 6.92 Å². The molecule has 72 valence electrons. The van der Waals surface area contributed by atoms with Crippen LogP contribution in [0.2, 0.25) is 0 Å². The lowest BCUT2D eigenvalue weighted by molar-refractivity contribution is 0.148. The molecule has 0 rings (SSSR count). The summed E-state index contributed by atoms with van der Waals surface area (Å²) in [5.41, 5.74) is 0. The second-order valence-corrected chi connectivity index (χ2v) is 2.91. The third-order valence-corrected chi connectivity index (χ3v) is 1.63. The molecule has 0 bridgehead atoms. The van der Waals surface area contributed by atoms with Gasteiger partial charge in [0.15, 0.2) is 0 Å². The molecule has 0 heterocycles. The summed E-state index contributed by atoms with van der Waals surface area (Å²) in [7, 11) is 0. The second kappa shape index (κ2) is 6.95. The molecule has 1 atom stereocenters. The zero-order chi connectivity index (χ0) is 9.40. The predicted molar refractivity (Wildman–Crippen MR) is 49.1 cm³/mol. The summed E-state index contributed by atoms with van der Waals surface area (Å²) in [4.78, 5) is 10.9. The number of alkyl carbamates (subject to hydrolysis) is 1. The van der Waals surface area contributed by atoms with Crippen molar-refractivity contribution >= 4 is 6.09 Å². The van der Waals surface area contributed by atoms with Crippen molar-refractivity contribution < 1.29 is 9.53 Å². The Kier molecular flexibility index (Phi) is 6.53. The Morgan fingerprint density at radius 2 is 2.17 bits per heavy atom. The molecule has 0 spiro atoms. The number of hydrogen-bond acceptors (Lipinski definition) is 2. The van der Waals surface area contributed by atoms with Gasteiger partial charge in [-0.1, -0.05) is 19.8 Å². The monoisotopic (exact) mass is 173 g/mol. The molecule has 1 N–H and O–H groups in total. The first-order valence-corrected chi connectivity index (χ1v) is 4.64. The summed E-state index contributed by atoms with van der Waals surface area (Å²) in [5.74, 6) is 0. The maximum absolute atomic E-state index is 10.9. The van der Waals surface area contributed by atoms with Gasteiger partial charge >= 0.3 is 6.09 Å². The topological polar surface area (TPSA) is 38.3 Å². The molecule has 1 amide bonds. The Morgan fingerprint density at radius 3 is 2.67 bits per heavy atom. The van der Waals surface area contributed by atoms with Crippen molar-refractivity contribution in [3.8, 4) is 0 Å². The van der Waals surface area contributed by atoms with E-state index >= 15 is 0 Å². The van der Waals surface area contributed by atoms with Crippen molar-refractivity contribution in [3.05, 3.63) is 0 Å². The Balaban J connectivity index is 3.40. The van der Waals surface area contributed by atoms with E-state index in [1.54, 1.807) is 6.92 Å². The first kappa shape index (κ1) is 11.3. The summed E-state index contributed by atoms with van der Waals surface area (Å²) >= 11 is 0. The van der Waals surface area contributed by atoms with E-state index in [1.165, 1.54) is 0 Å². The molecule has 0 fully saturated rings. The van der Waals surface area contributed by atoms with Gasteiger partial charge < -0.3 is 10.1 Å². The lowest BCUT2D eigenvalue weighted by Gasteiger charge is -2.12. The highest BCUT2D eigenvalue weighted by Crippen LogP contribution is 1.99. The quantitative estimate of drug-likeness (QED) is 0.692. The summed E-state index contributed by atoms with van der Waals surface area (Å²) < 4.78 is 4.74. The number of ether oxygens (including phenoxy) is 1. The maximum Gasteiger partial charge on any atom is 0.407 e. The van der Waals surface area contributed by atoms with Crippen molar-refractivity contribution in [3.63, 3.8) is 0 Å². The third kappa shape index (κ3) is 6.01. The van der Waals surface area contributed by atoms with Gasteiger partial charge in [0.05, 0.1) is 6.61 Å². The highest BCUT2D eigenvalue weighted by molar-refractivity contribution is 5.67. The maximum atomic E-state index is 10.9. The first-order chi connectivity index (χ1) is 5.70. The molecule has 0 saturated carbocycles. The van der Waals surface area contributed by atoms with Gasteiger partial charge in [-0.2, -0.15) is 0 Å². The molecule has 0 aliphatic heterocycles. The normalized spacial score (nSPS) is 12.2. The third-order valence-electron chi connectivity index (χ3n) is 1.63. The lowest BCUT2D eigenvalue weighted by atomic mass is 10.1. The van der Waals surface area contributed by atoms with E-state index in [2.05, 4.69) is 12.2 Å². The summed E-state index contributed by atoms with van der Waals surface area (Å²) in [6.07, 6.45) is 3.03. The van der Waals surface area contributed by atoms with Crippen molar-refractivity contribution in [2.45, 2.75) is 46.1 Å². The lowest BCUT2D eigenvalue weighted by Crippen LogP contribution is -2.32. The highest BCUT2D eigenvalue weighted by atomic mass is 16.5. The van der Waals surface area contributed by atoms with Gasteiger partial charge in [-0.15, -0.1) is 0 Å². The van der Waals surface area contributed by atoms with Crippen LogP contribution >= 0.6 is 0 Å². The van der Waals surface area contributed by atoms with Gasteiger partial charge in [-0.05, 0) is 20.3 Å². The molecular formula is C9H19NO2. The van der Waals surface area contributed by atoms with E-state index in [4.69, 9.17) is 4.74 Å². The molecule has 0 aliphatic rings.